The third kappa shape index (κ3) is 5.58. The Bertz CT molecular complexity index is 937. The molecule has 1 nitrogen and oxygen atoms in total. The van der Waals surface area contributed by atoms with Crippen molar-refractivity contribution in [3.05, 3.63) is 41.0 Å². The molecular weight excluding hydrogens is 384 g/mol. The van der Waals surface area contributed by atoms with E-state index >= 15 is 0 Å². The summed E-state index contributed by atoms with van der Waals surface area (Å²) in [6, 6.07) is 9.19. The fraction of sp³-hybridized carbons (Fsp3) is 0.571. The highest BCUT2D eigenvalue weighted by Gasteiger charge is 2.14. The Morgan fingerprint density at radius 2 is 1.27 bits per heavy atom. The van der Waals surface area contributed by atoms with Crippen molar-refractivity contribution >= 4 is 31.5 Å². The molecule has 0 saturated carbocycles. The number of thiophene rings is 1. The summed E-state index contributed by atoms with van der Waals surface area (Å²) in [4.78, 5) is 0. The van der Waals surface area contributed by atoms with Crippen molar-refractivity contribution < 1.29 is 4.74 Å². The minimum atomic E-state index is 0.835. The molecule has 1 heterocycles. The van der Waals surface area contributed by atoms with Crippen molar-refractivity contribution in [3.63, 3.8) is 0 Å². The minimum absolute atomic E-state index is 0.835. The molecule has 0 fully saturated rings. The standard InChI is InChI=1S/C28H40OS/c1-5-7-9-11-13-15-23-16-17-24-25-18-19-26(29-20-14-12-10-8-6-2)22(4)28(25)30-27(24)21(23)3/h16-19H,5-15,20H2,1-4H3. The van der Waals surface area contributed by atoms with Crippen LogP contribution in [0.5, 0.6) is 5.75 Å². The molecule has 1 aromatic heterocycles. The summed E-state index contributed by atoms with van der Waals surface area (Å²) in [6.07, 6.45) is 14.3. The minimum Gasteiger partial charge on any atom is -0.493 e. The third-order valence-corrected chi connectivity index (χ3v) is 7.88. The van der Waals surface area contributed by atoms with Crippen molar-refractivity contribution in [1.82, 2.24) is 0 Å². The maximum Gasteiger partial charge on any atom is 0.123 e. The number of hydrogen-bond acceptors (Lipinski definition) is 2. The van der Waals surface area contributed by atoms with Gasteiger partial charge in [0.15, 0.2) is 0 Å². The molecule has 0 radical (unpaired) electrons. The first kappa shape index (κ1) is 23.1. The molecule has 0 aliphatic rings. The summed E-state index contributed by atoms with van der Waals surface area (Å²) in [6.45, 7) is 9.93. The van der Waals surface area contributed by atoms with Crippen LogP contribution in [-0.2, 0) is 6.42 Å². The van der Waals surface area contributed by atoms with E-state index in [0.29, 0.717) is 0 Å². The number of hydrogen-bond donors (Lipinski definition) is 0. The number of aryl methyl sites for hydroxylation is 3. The molecule has 0 aliphatic heterocycles. The Labute approximate surface area is 187 Å². The second kappa shape index (κ2) is 11.7. The van der Waals surface area contributed by atoms with Gasteiger partial charge in [0, 0.05) is 25.7 Å². The molecule has 2 heteroatoms. The summed E-state index contributed by atoms with van der Waals surface area (Å²) >= 11 is 1.96. The lowest BCUT2D eigenvalue weighted by atomic mass is 9.99. The topological polar surface area (TPSA) is 9.23 Å². The van der Waals surface area contributed by atoms with E-state index in [1.54, 1.807) is 0 Å². The largest absolute Gasteiger partial charge is 0.493 e. The van der Waals surface area contributed by atoms with Crippen LogP contribution < -0.4 is 4.74 Å². The van der Waals surface area contributed by atoms with Crippen LogP contribution in [0.2, 0.25) is 0 Å². The first-order valence-electron chi connectivity index (χ1n) is 12.2. The maximum absolute atomic E-state index is 6.17. The molecule has 0 atom stereocenters. The number of ether oxygens (including phenoxy) is 1. The fourth-order valence-corrected chi connectivity index (χ4v) is 5.75. The molecule has 2 aromatic carbocycles. The predicted octanol–water partition coefficient (Wildman–Crippen LogP) is 9.53. The van der Waals surface area contributed by atoms with Crippen LogP contribution in [-0.4, -0.2) is 6.61 Å². The van der Waals surface area contributed by atoms with Crippen molar-refractivity contribution in [3.8, 4) is 5.75 Å². The zero-order chi connectivity index (χ0) is 21.3. The van der Waals surface area contributed by atoms with Crippen LogP contribution in [0.1, 0.15) is 94.7 Å². The molecule has 3 rings (SSSR count). The molecule has 164 valence electrons. The average molecular weight is 425 g/mol. The molecule has 0 N–H and O–H groups in total. The van der Waals surface area contributed by atoms with Gasteiger partial charge in [0.1, 0.15) is 5.75 Å². The zero-order valence-corrected chi connectivity index (χ0v) is 20.4. The molecule has 0 saturated heterocycles. The fourth-order valence-electron chi connectivity index (χ4n) is 4.43. The molecule has 0 bridgehead atoms. The number of unbranched alkanes of at least 4 members (excludes halogenated alkanes) is 8. The number of benzene rings is 2. The van der Waals surface area contributed by atoms with Gasteiger partial charge in [-0.15, -0.1) is 11.3 Å². The molecule has 0 aliphatic carbocycles. The van der Waals surface area contributed by atoms with E-state index in [4.69, 9.17) is 4.74 Å². The highest BCUT2D eigenvalue weighted by molar-refractivity contribution is 7.26. The van der Waals surface area contributed by atoms with Crippen LogP contribution in [0.3, 0.4) is 0 Å². The molecular formula is C28H40OS. The van der Waals surface area contributed by atoms with Gasteiger partial charge in [0.2, 0.25) is 0 Å². The normalized spacial score (nSPS) is 11.6. The molecule has 0 amide bonds. The van der Waals surface area contributed by atoms with Gasteiger partial charge in [0.25, 0.3) is 0 Å². The van der Waals surface area contributed by atoms with E-state index in [9.17, 15) is 0 Å². The van der Waals surface area contributed by atoms with E-state index in [0.717, 1.165) is 18.8 Å². The van der Waals surface area contributed by atoms with E-state index < -0.39 is 0 Å². The highest BCUT2D eigenvalue weighted by Crippen LogP contribution is 2.41. The van der Waals surface area contributed by atoms with E-state index in [-0.39, 0.29) is 0 Å². The van der Waals surface area contributed by atoms with Gasteiger partial charge in [0.05, 0.1) is 6.61 Å². The van der Waals surface area contributed by atoms with Gasteiger partial charge in [-0.25, -0.2) is 0 Å². The van der Waals surface area contributed by atoms with Crippen molar-refractivity contribution in [1.29, 1.82) is 0 Å². The lowest BCUT2D eigenvalue weighted by Gasteiger charge is -2.10. The van der Waals surface area contributed by atoms with Gasteiger partial charge in [-0.1, -0.05) is 77.3 Å². The van der Waals surface area contributed by atoms with Crippen LogP contribution in [0, 0.1) is 13.8 Å². The average Bonchev–Trinajstić information content (AvgIpc) is 3.14. The second-order valence-corrected chi connectivity index (χ2v) is 9.84. The molecule has 3 aromatic rings. The van der Waals surface area contributed by atoms with Gasteiger partial charge >= 0.3 is 0 Å². The SMILES string of the molecule is CCCCCCCOc1ccc2c(sc3c(C)c(CCCCCCC)ccc32)c1C. The van der Waals surface area contributed by atoms with Gasteiger partial charge in [-0.2, -0.15) is 0 Å². The predicted molar refractivity (Wildman–Crippen MR) is 136 cm³/mol. The van der Waals surface area contributed by atoms with E-state index in [2.05, 4.69) is 52.0 Å². The van der Waals surface area contributed by atoms with Crippen LogP contribution in [0.4, 0.5) is 0 Å². The Morgan fingerprint density at radius 3 is 1.97 bits per heavy atom. The quantitative estimate of drug-likeness (QED) is 0.248. The summed E-state index contributed by atoms with van der Waals surface area (Å²) < 4.78 is 9.04. The summed E-state index contributed by atoms with van der Waals surface area (Å²) in [5.74, 6) is 1.07. The Balaban J connectivity index is 1.73. The van der Waals surface area contributed by atoms with Gasteiger partial charge in [-0.3, -0.25) is 0 Å². The summed E-state index contributed by atoms with van der Waals surface area (Å²) in [5.41, 5.74) is 4.33. The first-order valence-corrected chi connectivity index (χ1v) is 13.1. The lowest BCUT2D eigenvalue weighted by Crippen LogP contribution is -1.98. The monoisotopic (exact) mass is 424 g/mol. The summed E-state index contributed by atoms with van der Waals surface area (Å²) in [5, 5.41) is 2.80. The zero-order valence-electron chi connectivity index (χ0n) is 19.6. The Kier molecular flexibility index (Phi) is 9.05. The molecule has 0 spiro atoms. The number of rotatable bonds is 13. The van der Waals surface area contributed by atoms with E-state index in [1.807, 2.05) is 11.3 Å². The first-order chi connectivity index (χ1) is 14.7. The van der Waals surface area contributed by atoms with Crippen LogP contribution in [0.15, 0.2) is 24.3 Å². The van der Waals surface area contributed by atoms with Gasteiger partial charge in [-0.05, 0) is 56.4 Å². The Hall–Kier alpha value is -1.54. The summed E-state index contributed by atoms with van der Waals surface area (Å²) in [7, 11) is 0. The van der Waals surface area contributed by atoms with Crippen molar-refractivity contribution in [2.24, 2.45) is 0 Å². The van der Waals surface area contributed by atoms with Gasteiger partial charge < -0.3 is 4.74 Å². The van der Waals surface area contributed by atoms with Crippen LogP contribution in [0.25, 0.3) is 20.2 Å². The van der Waals surface area contributed by atoms with Crippen molar-refractivity contribution in [2.75, 3.05) is 6.61 Å². The van der Waals surface area contributed by atoms with Crippen molar-refractivity contribution in [2.45, 2.75) is 98.3 Å². The van der Waals surface area contributed by atoms with E-state index in [1.165, 1.54) is 101 Å². The van der Waals surface area contributed by atoms with Crippen LogP contribution >= 0.6 is 11.3 Å². The molecule has 30 heavy (non-hydrogen) atoms. The highest BCUT2D eigenvalue weighted by atomic mass is 32.1. The lowest BCUT2D eigenvalue weighted by molar-refractivity contribution is 0.303. The Morgan fingerprint density at radius 1 is 0.667 bits per heavy atom. The number of fused-ring (bicyclic) bond motifs is 3. The maximum atomic E-state index is 6.17. The third-order valence-electron chi connectivity index (χ3n) is 6.42. The smallest absolute Gasteiger partial charge is 0.123 e. The molecule has 0 unspecified atom stereocenters. The second-order valence-electron chi connectivity index (χ2n) is 8.82.